The Kier molecular flexibility index (Phi) is 3.33. The van der Waals surface area contributed by atoms with Gasteiger partial charge in [-0.1, -0.05) is 0 Å². The number of carbonyl (C=O) groups excluding carboxylic acids is 1. The number of Topliss-reactive ketones (excluding diaryl/α,β-unsaturated/α-hetero) is 1. The second-order valence-electron chi connectivity index (χ2n) is 2.32. The largest absolute Gasteiger partial charge is 0.461 e. The minimum Gasteiger partial charge on any atom is -0.285 e. The van der Waals surface area contributed by atoms with Crippen molar-refractivity contribution in [2.24, 2.45) is 0 Å². The van der Waals surface area contributed by atoms with Crippen LogP contribution < -0.4 is 0 Å². The predicted octanol–water partition coefficient (Wildman–Crippen LogP) is 2.65. The lowest BCUT2D eigenvalue weighted by atomic mass is 10.1. The fourth-order valence-corrected chi connectivity index (χ4v) is 0.437. The minimum atomic E-state index is -6.64. The summed E-state index contributed by atoms with van der Waals surface area (Å²) in [6.07, 6.45) is -11.6. The molecule has 0 atom stereocenters. The molecule has 0 spiro atoms. The van der Waals surface area contributed by atoms with Crippen LogP contribution in [0.1, 0.15) is 0 Å². The van der Waals surface area contributed by atoms with E-state index in [2.05, 4.69) is 0 Å². The van der Waals surface area contributed by atoms with Crippen molar-refractivity contribution in [3.8, 4) is 0 Å². The molecule has 0 aliphatic heterocycles. The molecule has 90 valence electrons. The van der Waals surface area contributed by atoms with Crippen LogP contribution in [0.25, 0.3) is 0 Å². The Morgan fingerprint density at radius 1 is 0.867 bits per heavy atom. The Morgan fingerprint density at radius 3 is 1.40 bits per heavy atom. The Morgan fingerprint density at radius 2 is 1.20 bits per heavy atom. The van der Waals surface area contributed by atoms with Crippen molar-refractivity contribution in [1.82, 2.24) is 0 Å². The quantitative estimate of drug-likeness (QED) is 0.701. The zero-order chi connectivity index (χ0) is 12.7. The van der Waals surface area contributed by atoms with Gasteiger partial charge in [-0.05, 0) is 0 Å². The molecule has 0 aliphatic rings. The van der Waals surface area contributed by atoms with Crippen molar-refractivity contribution < 1.29 is 44.3 Å². The van der Waals surface area contributed by atoms with Crippen LogP contribution in [-0.2, 0) is 4.79 Å². The summed E-state index contributed by atoms with van der Waals surface area (Å²) >= 11 is 0. The first-order chi connectivity index (χ1) is 6.35. The number of alkyl halides is 9. The molecule has 0 rings (SSSR count). The molecule has 0 heterocycles. The highest BCUT2D eigenvalue weighted by atomic mass is 19.4. The smallest absolute Gasteiger partial charge is 0.285 e. The maximum Gasteiger partial charge on any atom is 0.461 e. The molecule has 0 aromatic carbocycles. The van der Waals surface area contributed by atoms with E-state index < -0.39 is 30.2 Å². The summed E-state index contributed by atoms with van der Waals surface area (Å²) < 4.78 is 104. The average Bonchev–Trinajstić information content (AvgIpc) is 2.00. The molecule has 0 aliphatic carbocycles. The monoisotopic (exact) mass is 248 g/mol. The molecular weight excluding hydrogens is 247 g/mol. The van der Waals surface area contributed by atoms with E-state index in [4.69, 9.17) is 0 Å². The zero-order valence-electron chi connectivity index (χ0n) is 6.39. The Bertz CT molecular complexity index is 252. The summed E-state index contributed by atoms with van der Waals surface area (Å²) in [5.41, 5.74) is 0. The fraction of sp³-hybridized carbons (Fsp3) is 0.800. The normalized spacial score (nSPS) is 14.5. The van der Waals surface area contributed by atoms with Gasteiger partial charge < -0.3 is 0 Å². The summed E-state index contributed by atoms with van der Waals surface area (Å²) in [6, 6.07) is 0. The fourth-order valence-electron chi connectivity index (χ4n) is 0.437. The molecule has 10 heteroatoms. The van der Waals surface area contributed by atoms with Crippen LogP contribution in [0.4, 0.5) is 39.5 Å². The lowest BCUT2D eigenvalue weighted by Gasteiger charge is -2.22. The number of hydrogen-bond donors (Lipinski definition) is 0. The van der Waals surface area contributed by atoms with Crippen molar-refractivity contribution in [2.75, 3.05) is 0 Å². The predicted molar refractivity (Wildman–Crippen MR) is 27.0 cm³/mol. The first-order valence-corrected chi connectivity index (χ1v) is 3.00. The highest BCUT2D eigenvalue weighted by Gasteiger charge is 2.71. The summed E-state index contributed by atoms with van der Waals surface area (Å²) in [5.74, 6) is -16.7. The van der Waals surface area contributed by atoms with Gasteiger partial charge >= 0.3 is 24.4 Å². The van der Waals surface area contributed by atoms with Gasteiger partial charge in [-0.15, -0.1) is 0 Å². The lowest BCUT2D eigenvalue weighted by molar-refractivity contribution is -0.281. The number of carbonyl (C=O) groups is 1. The molecule has 0 saturated carbocycles. The van der Waals surface area contributed by atoms with Crippen molar-refractivity contribution in [3.63, 3.8) is 0 Å². The molecular formula is C5HF9O. The summed E-state index contributed by atoms with van der Waals surface area (Å²) in [7, 11) is 0. The van der Waals surface area contributed by atoms with Crippen LogP contribution in [-0.4, -0.2) is 30.2 Å². The molecule has 15 heavy (non-hydrogen) atoms. The maximum absolute atomic E-state index is 11.9. The number of rotatable bonds is 3. The molecule has 0 saturated heterocycles. The van der Waals surface area contributed by atoms with E-state index in [9.17, 15) is 44.3 Å². The van der Waals surface area contributed by atoms with Gasteiger partial charge in [0.2, 0.25) is 0 Å². The highest BCUT2D eigenvalue weighted by Crippen LogP contribution is 2.41. The van der Waals surface area contributed by atoms with Crippen LogP contribution in [0.15, 0.2) is 0 Å². The molecule has 0 unspecified atom stereocenters. The van der Waals surface area contributed by atoms with E-state index in [1.807, 2.05) is 0 Å². The number of halogens is 9. The van der Waals surface area contributed by atoms with E-state index >= 15 is 0 Å². The van der Waals surface area contributed by atoms with E-state index in [1.165, 1.54) is 0 Å². The molecule has 0 radical (unpaired) electrons. The first-order valence-electron chi connectivity index (χ1n) is 3.00. The third kappa shape index (κ3) is 2.34. The first kappa shape index (κ1) is 14.0. The second-order valence-corrected chi connectivity index (χ2v) is 2.32. The molecule has 0 N–H and O–H groups in total. The van der Waals surface area contributed by atoms with Crippen LogP contribution >= 0.6 is 0 Å². The molecule has 0 aromatic rings. The van der Waals surface area contributed by atoms with Crippen LogP contribution in [0.2, 0.25) is 0 Å². The van der Waals surface area contributed by atoms with Crippen molar-refractivity contribution in [1.29, 1.82) is 0 Å². The number of hydrogen-bond acceptors (Lipinski definition) is 1. The Labute approximate surface area is 75.9 Å². The molecule has 0 fully saturated rings. The standard InChI is InChI=1S/C5HF9O/c6-2(7)3(8,9)1(15)4(10,11)5(12,13)14/h2H. The van der Waals surface area contributed by atoms with Crippen molar-refractivity contribution >= 4 is 5.78 Å². The molecule has 0 amide bonds. The molecule has 0 aromatic heterocycles. The average molecular weight is 248 g/mol. The van der Waals surface area contributed by atoms with Crippen LogP contribution in [0.3, 0.4) is 0 Å². The van der Waals surface area contributed by atoms with Gasteiger partial charge in [0.25, 0.3) is 5.78 Å². The van der Waals surface area contributed by atoms with Gasteiger partial charge in [0.05, 0.1) is 0 Å². The van der Waals surface area contributed by atoms with Gasteiger partial charge in [-0.25, -0.2) is 8.78 Å². The maximum atomic E-state index is 11.9. The third-order valence-corrected chi connectivity index (χ3v) is 1.22. The van der Waals surface area contributed by atoms with Gasteiger partial charge in [0, 0.05) is 0 Å². The Balaban J connectivity index is 5.19. The van der Waals surface area contributed by atoms with E-state index in [-0.39, 0.29) is 0 Å². The van der Waals surface area contributed by atoms with Gasteiger partial charge in [0.1, 0.15) is 0 Å². The second kappa shape index (κ2) is 3.56. The van der Waals surface area contributed by atoms with Crippen molar-refractivity contribution in [3.05, 3.63) is 0 Å². The number of ketones is 1. The zero-order valence-corrected chi connectivity index (χ0v) is 6.39. The Hall–Kier alpha value is -0.960. The van der Waals surface area contributed by atoms with Gasteiger partial charge in [-0.3, -0.25) is 4.79 Å². The summed E-state index contributed by atoms with van der Waals surface area (Å²) in [6.45, 7) is 0. The highest BCUT2D eigenvalue weighted by molar-refractivity contribution is 5.93. The van der Waals surface area contributed by atoms with Crippen LogP contribution in [0, 0.1) is 0 Å². The molecule has 0 bridgehead atoms. The summed E-state index contributed by atoms with van der Waals surface area (Å²) in [4.78, 5) is 9.87. The van der Waals surface area contributed by atoms with Gasteiger partial charge in [0.15, 0.2) is 0 Å². The molecule has 1 nitrogen and oxygen atoms in total. The summed E-state index contributed by atoms with van der Waals surface area (Å²) in [5, 5.41) is 0. The minimum absolute atomic E-state index is 4.17. The lowest BCUT2D eigenvalue weighted by Crippen LogP contribution is -2.54. The van der Waals surface area contributed by atoms with E-state index in [0.29, 0.717) is 0 Å². The topological polar surface area (TPSA) is 17.1 Å². The van der Waals surface area contributed by atoms with Gasteiger partial charge in [-0.2, -0.15) is 30.7 Å². The van der Waals surface area contributed by atoms with E-state index in [0.717, 1.165) is 0 Å². The van der Waals surface area contributed by atoms with Crippen LogP contribution in [0.5, 0.6) is 0 Å². The third-order valence-electron chi connectivity index (χ3n) is 1.22. The SMILES string of the molecule is O=C(C(F)(F)C(F)F)C(F)(F)C(F)(F)F. The van der Waals surface area contributed by atoms with Crippen molar-refractivity contribution in [2.45, 2.75) is 24.4 Å². The van der Waals surface area contributed by atoms with E-state index in [1.54, 1.807) is 0 Å².